The van der Waals surface area contributed by atoms with Crippen molar-refractivity contribution in [2.75, 3.05) is 0 Å². The quantitative estimate of drug-likeness (QED) is 0.682. The number of hydrogen-bond acceptors (Lipinski definition) is 5. The van der Waals surface area contributed by atoms with Crippen LogP contribution in [0, 0.1) is 6.92 Å². The van der Waals surface area contributed by atoms with E-state index < -0.39 is 0 Å². The molecule has 1 aromatic heterocycles. The molecule has 0 aliphatic rings. The second kappa shape index (κ2) is 3.53. The van der Waals surface area contributed by atoms with Crippen molar-refractivity contribution in [2.24, 2.45) is 0 Å². The summed E-state index contributed by atoms with van der Waals surface area (Å²) >= 11 is 0. The topological polar surface area (TPSA) is 79.1 Å². The molecule has 15 heavy (non-hydrogen) atoms. The SMILES string of the molecule is Cc1ncnc(-c2ccc(O)c(O)c2)n1. The lowest BCUT2D eigenvalue weighted by Gasteiger charge is -2.02. The maximum absolute atomic E-state index is 9.31. The Bertz CT molecular complexity index is 500. The molecule has 5 nitrogen and oxygen atoms in total. The van der Waals surface area contributed by atoms with Crippen LogP contribution in [0.4, 0.5) is 0 Å². The van der Waals surface area contributed by atoms with Crippen molar-refractivity contribution in [3.63, 3.8) is 0 Å². The molecule has 2 aromatic rings. The third-order valence-corrected chi connectivity index (χ3v) is 1.93. The van der Waals surface area contributed by atoms with E-state index in [1.807, 2.05) is 0 Å². The van der Waals surface area contributed by atoms with Crippen molar-refractivity contribution >= 4 is 0 Å². The molecule has 0 unspecified atom stereocenters. The number of benzene rings is 1. The molecule has 0 amide bonds. The van der Waals surface area contributed by atoms with E-state index in [9.17, 15) is 5.11 Å². The fourth-order valence-electron chi connectivity index (χ4n) is 1.18. The van der Waals surface area contributed by atoms with E-state index in [0.717, 1.165) is 0 Å². The standard InChI is InChI=1S/C10H9N3O2/c1-6-11-5-12-10(13-6)7-2-3-8(14)9(15)4-7/h2-5,14-15H,1H3. The average Bonchev–Trinajstić information content (AvgIpc) is 2.22. The zero-order valence-corrected chi connectivity index (χ0v) is 8.05. The first-order valence-electron chi connectivity index (χ1n) is 4.35. The summed E-state index contributed by atoms with van der Waals surface area (Å²) in [6.07, 6.45) is 1.40. The number of rotatable bonds is 1. The van der Waals surface area contributed by atoms with Gasteiger partial charge in [-0.25, -0.2) is 15.0 Å². The molecule has 0 aliphatic heterocycles. The van der Waals surface area contributed by atoms with Crippen LogP contribution in [0.25, 0.3) is 11.4 Å². The molecule has 0 fully saturated rings. The number of aromatic nitrogens is 3. The van der Waals surface area contributed by atoms with Gasteiger partial charge < -0.3 is 10.2 Å². The van der Waals surface area contributed by atoms with Crippen LogP contribution < -0.4 is 0 Å². The summed E-state index contributed by atoms with van der Waals surface area (Å²) in [7, 11) is 0. The molecule has 0 radical (unpaired) electrons. The lowest BCUT2D eigenvalue weighted by atomic mass is 10.2. The van der Waals surface area contributed by atoms with Crippen LogP contribution in [0.2, 0.25) is 0 Å². The predicted molar refractivity (Wildman–Crippen MR) is 53.3 cm³/mol. The van der Waals surface area contributed by atoms with Crippen molar-refractivity contribution < 1.29 is 10.2 Å². The lowest BCUT2D eigenvalue weighted by Crippen LogP contribution is -1.93. The van der Waals surface area contributed by atoms with Crippen LogP contribution in [-0.4, -0.2) is 25.2 Å². The van der Waals surface area contributed by atoms with E-state index in [2.05, 4.69) is 15.0 Å². The molecule has 0 spiro atoms. The van der Waals surface area contributed by atoms with Gasteiger partial charge in [-0.05, 0) is 25.1 Å². The van der Waals surface area contributed by atoms with Gasteiger partial charge in [0.2, 0.25) is 0 Å². The highest BCUT2D eigenvalue weighted by atomic mass is 16.3. The molecule has 1 heterocycles. The second-order valence-electron chi connectivity index (χ2n) is 3.06. The van der Waals surface area contributed by atoms with Gasteiger partial charge in [-0.1, -0.05) is 0 Å². The molecule has 2 N–H and O–H groups in total. The number of phenolic OH excluding ortho intramolecular Hbond substituents is 2. The zero-order valence-electron chi connectivity index (χ0n) is 8.05. The Balaban J connectivity index is 2.50. The van der Waals surface area contributed by atoms with Crippen LogP contribution in [0.3, 0.4) is 0 Å². The Hall–Kier alpha value is -2.17. The smallest absolute Gasteiger partial charge is 0.163 e. The fourth-order valence-corrected chi connectivity index (χ4v) is 1.18. The van der Waals surface area contributed by atoms with Gasteiger partial charge in [0.05, 0.1) is 0 Å². The summed E-state index contributed by atoms with van der Waals surface area (Å²) < 4.78 is 0. The fraction of sp³-hybridized carbons (Fsp3) is 0.100. The first-order chi connectivity index (χ1) is 7.16. The maximum Gasteiger partial charge on any atom is 0.163 e. The average molecular weight is 203 g/mol. The van der Waals surface area contributed by atoms with Gasteiger partial charge in [0.15, 0.2) is 17.3 Å². The molecule has 0 atom stereocenters. The molecule has 5 heteroatoms. The van der Waals surface area contributed by atoms with E-state index in [-0.39, 0.29) is 11.5 Å². The first kappa shape index (κ1) is 9.39. The monoisotopic (exact) mass is 203 g/mol. The molecule has 0 aliphatic carbocycles. The van der Waals surface area contributed by atoms with Gasteiger partial charge in [-0.15, -0.1) is 0 Å². The van der Waals surface area contributed by atoms with E-state index in [1.165, 1.54) is 18.5 Å². The van der Waals surface area contributed by atoms with Gasteiger partial charge in [0.25, 0.3) is 0 Å². The number of hydrogen-bond donors (Lipinski definition) is 2. The normalized spacial score (nSPS) is 10.2. The Morgan fingerprint density at radius 3 is 2.53 bits per heavy atom. The minimum absolute atomic E-state index is 0.162. The Morgan fingerprint density at radius 2 is 1.87 bits per heavy atom. The lowest BCUT2D eigenvalue weighted by molar-refractivity contribution is 0.404. The molecule has 0 saturated carbocycles. The van der Waals surface area contributed by atoms with Crippen molar-refractivity contribution in [3.05, 3.63) is 30.4 Å². The van der Waals surface area contributed by atoms with Crippen LogP contribution in [0.1, 0.15) is 5.82 Å². The summed E-state index contributed by atoms with van der Waals surface area (Å²) in [6.45, 7) is 1.76. The van der Waals surface area contributed by atoms with Gasteiger partial charge in [-0.3, -0.25) is 0 Å². The molecule has 2 rings (SSSR count). The number of phenols is 2. The van der Waals surface area contributed by atoms with Crippen molar-refractivity contribution in [1.82, 2.24) is 15.0 Å². The van der Waals surface area contributed by atoms with Gasteiger partial charge >= 0.3 is 0 Å². The van der Waals surface area contributed by atoms with E-state index >= 15 is 0 Å². The maximum atomic E-state index is 9.31. The number of aromatic hydroxyl groups is 2. The van der Waals surface area contributed by atoms with E-state index in [4.69, 9.17) is 5.11 Å². The number of nitrogens with zero attached hydrogens (tertiary/aromatic N) is 3. The summed E-state index contributed by atoms with van der Waals surface area (Å²) in [5.74, 6) is 0.723. The number of aryl methyl sites for hydroxylation is 1. The minimum atomic E-state index is -0.189. The van der Waals surface area contributed by atoms with Crippen molar-refractivity contribution in [3.8, 4) is 22.9 Å². The summed E-state index contributed by atoms with van der Waals surface area (Å²) in [5.41, 5.74) is 0.635. The van der Waals surface area contributed by atoms with E-state index in [0.29, 0.717) is 17.2 Å². The van der Waals surface area contributed by atoms with Gasteiger partial charge in [0.1, 0.15) is 12.2 Å². The van der Waals surface area contributed by atoms with Crippen molar-refractivity contribution in [2.45, 2.75) is 6.92 Å². The molecule has 0 bridgehead atoms. The highest BCUT2D eigenvalue weighted by molar-refractivity contribution is 5.60. The minimum Gasteiger partial charge on any atom is -0.504 e. The summed E-state index contributed by atoms with van der Waals surface area (Å²) in [5, 5.41) is 18.5. The molecular formula is C10H9N3O2. The third kappa shape index (κ3) is 1.85. The first-order valence-corrected chi connectivity index (χ1v) is 4.35. The Labute approximate surface area is 86.1 Å². The summed E-state index contributed by atoms with van der Waals surface area (Å²) in [6, 6.07) is 4.43. The highest BCUT2D eigenvalue weighted by Gasteiger charge is 2.05. The Morgan fingerprint density at radius 1 is 1.07 bits per heavy atom. The molecule has 0 saturated heterocycles. The second-order valence-corrected chi connectivity index (χ2v) is 3.06. The molecule has 1 aromatic carbocycles. The van der Waals surface area contributed by atoms with Crippen LogP contribution in [0.5, 0.6) is 11.5 Å². The third-order valence-electron chi connectivity index (χ3n) is 1.93. The van der Waals surface area contributed by atoms with Crippen LogP contribution >= 0.6 is 0 Å². The Kier molecular flexibility index (Phi) is 2.21. The summed E-state index contributed by atoms with van der Waals surface area (Å²) in [4.78, 5) is 11.9. The van der Waals surface area contributed by atoms with Gasteiger partial charge in [-0.2, -0.15) is 0 Å². The predicted octanol–water partition coefficient (Wildman–Crippen LogP) is 1.26. The molecular weight excluding hydrogens is 194 g/mol. The zero-order chi connectivity index (χ0) is 10.8. The van der Waals surface area contributed by atoms with Crippen molar-refractivity contribution in [1.29, 1.82) is 0 Å². The largest absolute Gasteiger partial charge is 0.504 e. The highest BCUT2D eigenvalue weighted by Crippen LogP contribution is 2.28. The van der Waals surface area contributed by atoms with Crippen LogP contribution in [0.15, 0.2) is 24.5 Å². The molecule has 76 valence electrons. The van der Waals surface area contributed by atoms with Crippen LogP contribution in [-0.2, 0) is 0 Å². The van der Waals surface area contributed by atoms with E-state index in [1.54, 1.807) is 13.0 Å². The van der Waals surface area contributed by atoms with Gasteiger partial charge in [0, 0.05) is 5.56 Å².